The zero-order valence-electron chi connectivity index (χ0n) is 22.3. The van der Waals surface area contributed by atoms with E-state index in [1.54, 1.807) is 24.3 Å². The predicted molar refractivity (Wildman–Crippen MR) is 142 cm³/mol. The molecule has 0 bridgehead atoms. The molecular weight excluding hydrogens is 573 g/mol. The molecule has 3 N–H and O–H groups in total. The number of aromatic nitrogens is 5. The van der Waals surface area contributed by atoms with Crippen LogP contribution >= 0.6 is 0 Å². The van der Waals surface area contributed by atoms with Crippen molar-refractivity contribution in [1.82, 2.24) is 24.7 Å². The van der Waals surface area contributed by atoms with Gasteiger partial charge in [-0.1, -0.05) is 38.5 Å². The third-order valence-corrected chi connectivity index (χ3v) is 6.29. The molecule has 0 unspecified atom stereocenters. The molecule has 42 heavy (non-hydrogen) atoms. The number of hydrogen-bond acceptors (Lipinski definition) is 6. The van der Waals surface area contributed by atoms with E-state index in [2.05, 4.69) is 15.1 Å². The lowest BCUT2D eigenvalue weighted by Gasteiger charge is -2.09. The van der Waals surface area contributed by atoms with Crippen molar-refractivity contribution in [2.75, 3.05) is 5.73 Å². The fraction of sp³-hybridized carbons (Fsp3) is 0.370. The van der Waals surface area contributed by atoms with Crippen LogP contribution in [0.25, 0.3) is 22.2 Å². The van der Waals surface area contributed by atoms with Gasteiger partial charge in [0.1, 0.15) is 11.4 Å². The van der Waals surface area contributed by atoms with Crippen molar-refractivity contribution >= 4 is 16.5 Å². The Balaban J connectivity index is 0.000000221. The first-order valence-electron chi connectivity index (χ1n) is 12.9. The van der Waals surface area contributed by atoms with Gasteiger partial charge in [0.25, 0.3) is 11.1 Å². The maximum atomic E-state index is 14.3. The van der Waals surface area contributed by atoms with Gasteiger partial charge in [0.05, 0.1) is 28.4 Å². The Morgan fingerprint density at radius 2 is 1.48 bits per heavy atom. The summed E-state index contributed by atoms with van der Waals surface area (Å²) in [5, 5.41) is 5.39. The van der Waals surface area contributed by atoms with Gasteiger partial charge in [-0.25, -0.2) is 19.5 Å². The van der Waals surface area contributed by atoms with E-state index in [4.69, 9.17) is 5.73 Å². The number of rotatable bonds is 2. The largest absolute Gasteiger partial charge is 0.423 e. The first-order chi connectivity index (χ1) is 19.7. The molecule has 8 nitrogen and oxygen atoms in total. The minimum Gasteiger partial charge on any atom is -0.397 e. The quantitative estimate of drug-likeness (QED) is 0.259. The summed E-state index contributed by atoms with van der Waals surface area (Å²) in [7, 11) is 0. The van der Waals surface area contributed by atoms with Gasteiger partial charge in [0, 0.05) is 25.1 Å². The molecule has 4 aromatic rings. The summed E-state index contributed by atoms with van der Waals surface area (Å²) >= 11 is 0. The summed E-state index contributed by atoms with van der Waals surface area (Å²) in [5.74, 6) is -0.949. The van der Waals surface area contributed by atoms with Crippen LogP contribution in [-0.2, 0) is 18.9 Å². The lowest BCUT2D eigenvalue weighted by atomic mass is 10.0. The van der Waals surface area contributed by atoms with E-state index < -0.39 is 40.5 Å². The molecule has 0 aliphatic heterocycles. The van der Waals surface area contributed by atoms with Crippen LogP contribution in [0.5, 0.6) is 0 Å². The zero-order chi connectivity index (χ0) is 31.1. The van der Waals surface area contributed by atoms with Gasteiger partial charge < -0.3 is 10.3 Å². The number of alkyl halides is 6. The Bertz CT molecular complexity index is 1600. The van der Waals surface area contributed by atoms with Crippen LogP contribution in [0, 0.1) is 5.82 Å². The molecule has 1 saturated carbocycles. The Morgan fingerprint density at radius 1 is 0.905 bits per heavy atom. The van der Waals surface area contributed by atoms with Crippen molar-refractivity contribution in [2.24, 2.45) is 0 Å². The SMILES string of the molecule is C1CCCCC1.CCn1ccc2cc(-c3ncc(C(F)(F)F)cn3)c(F)cc2c1=O.Nc1cn[nH]c(=O)c1C(F)(F)F. The van der Waals surface area contributed by atoms with Crippen molar-refractivity contribution in [3.8, 4) is 11.4 Å². The van der Waals surface area contributed by atoms with Gasteiger partial charge in [-0.3, -0.25) is 9.59 Å². The molecule has 226 valence electrons. The van der Waals surface area contributed by atoms with E-state index in [0.717, 1.165) is 12.3 Å². The molecule has 1 fully saturated rings. The highest BCUT2D eigenvalue weighted by atomic mass is 19.4. The van der Waals surface area contributed by atoms with Crippen LogP contribution in [0.2, 0.25) is 0 Å². The summed E-state index contributed by atoms with van der Waals surface area (Å²) in [6.45, 7) is 2.23. The highest BCUT2D eigenvalue weighted by Gasteiger charge is 2.36. The van der Waals surface area contributed by atoms with Crippen LogP contribution in [0.4, 0.5) is 36.4 Å². The second kappa shape index (κ2) is 13.6. The Labute approximate surface area is 234 Å². The Hall–Kier alpha value is -4.30. The Kier molecular flexibility index (Phi) is 10.4. The number of aryl methyl sites for hydroxylation is 1. The summed E-state index contributed by atoms with van der Waals surface area (Å²) in [6.07, 6.45) is 3.21. The topological polar surface area (TPSA) is 120 Å². The van der Waals surface area contributed by atoms with Crippen molar-refractivity contribution in [2.45, 2.75) is 64.3 Å². The third-order valence-electron chi connectivity index (χ3n) is 6.29. The standard InChI is InChI=1S/C16H11F4N3O.C6H12.C5H4F3N3O/c1-2-23-4-3-9-5-12(13(17)6-11(9)15(23)24)14-21-7-10(8-22-14)16(18,19)20;1-2-4-6-5-3-1;6-5(7,8)3-2(9)1-10-11-4(3)12/h3-8H,2H2,1H3;1-6H2;1H,(H3,9,11,12). The fourth-order valence-corrected chi connectivity index (χ4v) is 4.10. The van der Waals surface area contributed by atoms with Crippen LogP contribution in [0.15, 0.2) is 52.6 Å². The van der Waals surface area contributed by atoms with E-state index in [1.165, 1.54) is 49.2 Å². The van der Waals surface area contributed by atoms with Crippen LogP contribution in [0.3, 0.4) is 0 Å². The summed E-state index contributed by atoms with van der Waals surface area (Å²) in [5.41, 5.74) is 0.0746. The molecule has 0 spiro atoms. The number of benzene rings is 1. The smallest absolute Gasteiger partial charge is 0.397 e. The number of pyridine rings is 1. The first kappa shape index (κ1) is 32.2. The highest BCUT2D eigenvalue weighted by Crippen LogP contribution is 2.30. The molecule has 3 aromatic heterocycles. The van der Waals surface area contributed by atoms with Crippen LogP contribution in [0.1, 0.15) is 56.6 Å². The number of nitrogens with zero attached hydrogens (tertiary/aromatic N) is 4. The molecule has 0 atom stereocenters. The number of H-pyrrole nitrogens is 1. The predicted octanol–water partition coefficient (Wildman–Crippen LogP) is 6.35. The maximum Gasteiger partial charge on any atom is 0.423 e. The average Bonchev–Trinajstić information content (AvgIpc) is 2.94. The van der Waals surface area contributed by atoms with Crippen molar-refractivity contribution < 1.29 is 30.7 Å². The van der Waals surface area contributed by atoms with E-state index in [0.29, 0.717) is 24.3 Å². The van der Waals surface area contributed by atoms with E-state index in [9.17, 15) is 40.3 Å². The molecule has 1 aromatic carbocycles. The van der Waals surface area contributed by atoms with Crippen molar-refractivity contribution in [3.05, 3.63) is 80.6 Å². The number of anilines is 1. The second-order valence-electron chi connectivity index (χ2n) is 9.27. The third kappa shape index (κ3) is 8.13. The lowest BCUT2D eigenvalue weighted by molar-refractivity contribution is -0.138. The Morgan fingerprint density at radius 3 is 1.93 bits per heavy atom. The minimum absolute atomic E-state index is 0.0649. The molecule has 0 amide bonds. The normalized spacial score (nSPS) is 13.5. The van der Waals surface area contributed by atoms with Crippen LogP contribution < -0.4 is 16.9 Å². The molecule has 1 aliphatic rings. The number of hydrogen-bond donors (Lipinski definition) is 2. The number of aromatic amines is 1. The number of nitrogens with one attached hydrogen (secondary N) is 1. The molecule has 0 radical (unpaired) electrons. The van der Waals surface area contributed by atoms with Crippen molar-refractivity contribution in [1.29, 1.82) is 0 Å². The average molecular weight is 601 g/mol. The zero-order valence-corrected chi connectivity index (χ0v) is 22.3. The fourth-order valence-electron chi connectivity index (χ4n) is 4.10. The number of halogens is 7. The number of fused-ring (bicyclic) bond motifs is 1. The second-order valence-corrected chi connectivity index (χ2v) is 9.27. The first-order valence-corrected chi connectivity index (χ1v) is 12.9. The summed E-state index contributed by atoms with van der Waals surface area (Å²) < 4.78 is 89.3. The monoisotopic (exact) mass is 600 g/mol. The van der Waals surface area contributed by atoms with E-state index in [1.807, 2.05) is 0 Å². The maximum absolute atomic E-state index is 14.3. The summed E-state index contributed by atoms with van der Waals surface area (Å²) in [6, 6.07) is 4.04. The lowest BCUT2D eigenvalue weighted by Crippen LogP contribution is -2.24. The van der Waals surface area contributed by atoms with Gasteiger partial charge in [0.15, 0.2) is 5.82 Å². The van der Waals surface area contributed by atoms with Crippen molar-refractivity contribution in [3.63, 3.8) is 0 Å². The highest BCUT2D eigenvalue weighted by molar-refractivity contribution is 5.85. The van der Waals surface area contributed by atoms with Gasteiger partial charge in [-0.05, 0) is 30.5 Å². The van der Waals surface area contributed by atoms with Gasteiger partial charge in [-0.15, -0.1) is 0 Å². The summed E-state index contributed by atoms with van der Waals surface area (Å²) in [4.78, 5) is 29.9. The minimum atomic E-state index is -4.74. The van der Waals surface area contributed by atoms with Crippen LogP contribution in [-0.4, -0.2) is 24.7 Å². The molecular formula is C27H27F7N6O2. The molecule has 5 rings (SSSR count). The number of nitrogens with two attached hydrogens (primary N) is 1. The van der Waals surface area contributed by atoms with E-state index in [-0.39, 0.29) is 22.3 Å². The van der Waals surface area contributed by atoms with Gasteiger partial charge in [-0.2, -0.15) is 31.4 Å². The number of nitrogen functional groups attached to an aromatic ring is 1. The van der Waals surface area contributed by atoms with Gasteiger partial charge in [0.2, 0.25) is 0 Å². The molecule has 3 heterocycles. The molecule has 0 saturated heterocycles. The molecule has 1 aliphatic carbocycles. The molecule has 15 heteroatoms. The van der Waals surface area contributed by atoms with Gasteiger partial charge >= 0.3 is 12.4 Å². The van der Waals surface area contributed by atoms with E-state index >= 15 is 0 Å².